The van der Waals surface area contributed by atoms with Crippen molar-refractivity contribution >= 4 is 17.7 Å². The lowest BCUT2D eigenvalue weighted by Crippen LogP contribution is -2.42. The van der Waals surface area contributed by atoms with Crippen molar-refractivity contribution in [3.05, 3.63) is 59.7 Å². The first kappa shape index (κ1) is 17.1. The van der Waals surface area contributed by atoms with Gasteiger partial charge in [-0.15, -0.1) is 0 Å². The summed E-state index contributed by atoms with van der Waals surface area (Å²) in [5.41, 5.74) is 7.09. The number of nitrogen functional groups attached to an aromatic ring is 1. The molecule has 0 fully saturated rings. The van der Waals surface area contributed by atoms with Crippen molar-refractivity contribution in [3.8, 4) is 5.75 Å². The fraction of sp³-hybridized carbons (Fsp3) is 0.176. The van der Waals surface area contributed by atoms with Gasteiger partial charge in [0.25, 0.3) is 0 Å². The summed E-state index contributed by atoms with van der Waals surface area (Å²) in [5, 5.41) is 20.9. The quantitative estimate of drug-likeness (QED) is 0.474. The van der Waals surface area contributed by atoms with E-state index in [1.807, 2.05) is 18.2 Å². The number of benzene rings is 2. The average Bonchev–Trinajstić information content (AvgIpc) is 2.56. The Labute approximate surface area is 138 Å². The summed E-state index contributed by atoms with van der Waals surface area (Å²) < 4.78 is 5.01. The molecule has 126 valence electrons. The first-order valence-electron chi connectivity index (χ1n) is 7.23. The number of carboxylic acid groups (broad SMARTS) is 1. The molecule has 0 aliphatic rings. The predicted molar refractivity (Wildman–Crippen MR) is 87.4 cm³/mol. The van der Waals surface area contributed by atoms with Crippen molar-refractivity contribution in [2.75, 3.05) is 5.73 Å². The summed E-state index contributed by atoms with van der Waals surface area (Å²) in [7, 11) is 0. The zero-order chi connectivity index (χ0) is 17.5. The van der Waals surface area contributed by atoms with Gasteiger partial charge in [0.05, 0.1) is 5.69 Å². The third-order valence-electron chi connectivity index (χ3n) is 3.33. The molecule has 24 heavy (non-hydrogen) atoms. The van der Waals surface area contributed by atoms with Gasteiger partial charge < -0.3 is 26.0 Å². The number of rotatable bonds is 6. The number of alkyl carbamates (subject to hydrolysis) is 1. The number of phenols is 1. The minimum atomic E-state index is -1.20. The second-order valence-electron chi connectivity index (χ2n) is 5.19. The Hall–Kier alpha value is -3.22. The average molecular weight is 330 g/mol. The molecule has 7 heteroatoms. The summed E-state index contributed by atoms with van der Waals surface area (Å²) in [6.45, 7) is 0.0468. The summed E-state index contributed by atoms with van der Waals surface area (Å²) in [5.74, 6) is -1.28. The van der Waals surface area contributed by atoms with Crippen molar-refractivity contribution in [2.45, 2.75) is 19.1 Å². The van der Waals surface area contributed by atoms with Crippen molar-refractivity contribution in [2.24, 2.45) is 0 Å². The Bertz CT molecular complexity index is 718. The number of aliphatic carboxylic acids is 1. The highest BCUT2D eigenvalue weighted by Gasteiger charge is 2.21. The molecule has 2 rings (SSSR count). The van der Waals surface area contributed by atoms with E-state index in [1.54, 1.807) is 18.2 Å². The van der Waals surface area contributed by atoms with Crippen LogP contribution in [0.5, 0.6) is 5.75 Å². The van der Waals surface area contributed by atoms with Crippen molar-refractivity contribution in [1.82, 2.24) is 5.32 Å². The lowest BCUT2D eigenvalue weighted by molar-refractivity contribution is -0.139. The number of carbonyl (C=O) groups is 2. The van der Waals surface area contributed by atoms with E-state index in [0.29, 0.717) is 5.56 Å². The van der Waals surface area contributed by atoms with Gasteiger partial charge in [-0.3, -0.25) is 0 Å². The largest absolute Gasteiger partial charge is 0.506 e. The van der Waals surface area contributed by atoms with Gasteiger partial charge in [-0.25, -0.2) is 9.59 Å². The van der Waals surface area contributed by atoms with E-state index in [0.717, 1.165) is 5.56 Å². The fourth-order valence-corrected chi connectivity index (χ4v) is 2.07. The van der Waals surface area contributed by atoms with Crippen LogP contribution < -0.4 is 11.1 Å². The summed E-state index contributed by atoms with van der Waals surface area (Å²) in [4.78, 5) is 23.1. The monoisotopic (exact) mass is 330 g/mol. The summed E-state index contributed by atoms with van der Waals surface area (Å²) >= 11 is 0. The van der Waals surface area contributed by atoms with E-state index in [1.165, 1.54) is 12.1 Å². The van der Waals surface area contributed by atoms with Gasteiger partial charge in [0, 0.05) is 6.42 Å². The second-order valence-corrected chi connectivity index (χ2v) is 5.19. The Kier molecular flexibility index (Phi) is 5.62. The lowest BCUT2D eigenvalue weighted by atomic mass is 10.1. The summed E-state index contributed by atoms with van der Waals surface area (Å²) in [6, 6.07) is 12.3. The highest BCUT2D eigenvalue weighted by molar-refractivity contribution is 5.80. The van der Waals surface area contributed by atoms with Gasteiger partial charge >= 0.3 is 12.1 Å². The Morgan fingerprint density at radius 2 is 1.83 bits per heavy atom. The molecule has 0 unspecified atom stereocenters. The third-order valence-corrected chi connectivity index (χ3v) is 3.33. The van der Waals surface area contributed by atoms with Gasteiger partial charge in [-0.05, 0) is 23.3 Å². The Balaban J connectivity index is 1.93. The Morgan fingerprint density at radius 3 is 2.46 bits per heavy atom. The number of ether oxygens (including phenoxy) is 1. The lowest BCUT2D eigenvalue weighted by Gasteiger charge is -2.15. The maximum atomic E-state index is 11.8. The molecule has 0 saturated heterocycles. The number of carboxylic acids is 1. The van der Waals surface area contributed by atoms with E-state index in [9.17, 15) is 19.8 Å². The molecule has 2 aromatic rings. The van der Waals surface area contributed by atoms with E-state index in [4.69, 9.17) is 10.5 Å². The highest BCUT2D eigenvalue weighted by Crippen LogP contribution is 2.21. The van der Waals surface area contributed by atoms with Gasteiger partial charge in [0.2, 0.25) is 0 Å². The molecule has 0 bridgehead atoms. The number of nitrogens with one attached hydrogen (secondary N) is 1. The summed E-state index contributed by atoms with van der Waals surface area (Å²) in [6.07, 6.45) is -0.807. The molecule has 1 atom stereocenters. The molecule has 1 amide bonds. The van der Waals surface area contributed by atoms with E-state index < -0.39 is 18.1 Å². The minimum absolute atomic E-state index is 0.0141. The molecule has 7 nitrogen and oxygen atoms in total. The van der Waals surface area contributed by atoms with Crippen LogP contribution in [0.25, 0.3) is 0 Å². The standard InChI is InChI=1S/C17H18N2O5/c18-13-8-12(6-7-15(13)20)9-14(16(21)22)19-17(23)24-10-11-4-2-1-3-5-11/h1-8,14,20H,9-10,18H2,(H,19,23)(H,21,22)/t14-/m0/s1. The molecule has 0 heterocycles. The Morgan fingerprint density at radius 1 is 1.12 bits per heavy atom. The van der Waals surface area contributed by atoms with Crippen LogP contribution in [0.4, 0.5) is 10.5 Å². The maximum absolute atomic E-state index is 11.8. The molecular formula is C17H18N2O5. The van der Waals surface area contributed by atoms with Crippen molar-refractivity contribution in [3.63, 3.8) is 0 Å². The van der Waals surface area contributed by atoms with Crippen LogP contribution in [0.2, 0.25) is 0 Å². The first-order valence-corrected chi connectivity index (χ1v) is 7.23. The third kappa shape index (κ3) is 4.91. The van der Waals surface area contributed by atoms with Crippen LogP contribution >= 0.6 is 0 Å². The number of hydrogen-bond acceptors (Lipinski definition) is 5. The van der Waals surface area contributed by atoms with Crippen LogP contribution in [-0.4, -0.2) is 28.3 Å². The number of hydrogen-bond donors (Lipinski definition) is 4. The number of anilines is 1. The number of aromatic hydroxyl groups is 1. The normalized spacial score (nSPS) is 11.5. The zero-order valence-corrected chi connectivity index (χ0v) is 12.8. The fourth-order valence-electron chi connectivity index (χ4n) is 2.07. The van der Waals surface area contributed by atoms with E-state index in [2.05, 4.69) is 5.32 Å². The molecule has 0 radical (unpaired) electrons. The van der Waals surface area contributed by atoms with Crippen LogP contribution in [0, 0.1) is 0 Å². The predicted octanol–water partition coefficient (Wildman–Crippen LogP) is 1.90. The van der Waals surface area contributed by atoms with Gasteiger partial charge in [-0.2, -0.15) is 0 Å². The van der Waals surface area contributed by atoms with Gasteiger partial charge in [0.1, 0.15) is 18.4 Å². The number of carbonyl (C=O) groups excluding carboxylic acids is 1. The molecule has 0 spiro atoms. The van der Waals surface area contributed by atoms with Gasteiger partial charge in [0.15, 0.2) is 0 Å². The highest BCUT2D eigenvalue weighted by atomic mass is 16.5. The molecule has 0 aliphatic heterocycles. The van der Waals surface area contributed by atoms with E-state index >= 15 is 0 Å². The maximum Gasteiger partial charge on any atom is 0.408 e. The van der Waals surface area contributed by atoms with Crippen molar-refractivity contribution in [1.29, 1.82) is 0 Å². The van der Waals surface area contributed by atoms with Crippen LogP contribution in [0.1, 0.15) is 11.1 Å². The van der Waals surface area contributed by atoms with Crippen molar-refractivity contribution < 1.29 is 24.5 Å². The first-order chi connectivity index (χ1) is 11.5. The molecule has 2 aromatic carbocycles. The molecule has 5 N–H and O–H groups in total. The molecule has 0 saturated carbocycles. The number of amides is 1. The number of nitrogens with two attached hydrogens (primary N) is 1. The van der Waals surface area contributed by atoms with Crippen LogP contribution in [-0.2, 0) is 22.6 Å². The van der Waals surface area contributed by atoms with Crippen LogP contribution in [0.3, 0.4) is 0 Å². The van der Waals surface area contributed by atoms with E-state index in [-0.39, 0.29) is 24.5 Å². The minimum Gasteiger partial charge on any atom is -0.506 e. The second kappa shape index (κ2) is 7.87. The molecular weight excluding hydrogens is 312 g/mol. The zero-order valence-electron chi connectivity index (χ0n) is 12.8. The molecule has 0 aliphatic carbocycles. The topological polar surface area (TPSA) is 122 Å². The number of phenolic OH excluding ortho intramolecular Hbond substituents is 1. The molecule has 0 aromatic heterocycles. The van der Waals surface area contributed by atoms with Crippen LogP contribution in [0.15, 0.2) is 48.5 Å². The SMILES string of the molecule is Nc1cc(C[C@H](NC(=O)OCc2ccccc2)C(=O)O)ccc1O. The van der Waals surface area contributed by atoms with Gasteiger partial charge in [-0.1, -0.05) is 36.4 Å². The smallest absolute Gasteiger partial charge is 0.408 e.